The van der Waals surface area contributed by atoms with Gasteiger partial charge in [0, 0.05) is 6.20 Å². The number of carbonyl (C=O) groups is 1. The zero-order valence-corrected chi connectivity index (χ0v) is 10.2. The molecular weight excluding hydrogens is 264 g/mol. The molecule has 0 amide bonds. The SMILES string of the molecule is Cc1nc(Sc2nccc(C(=O)O)c2Cl)n[nH]1. The first-order valence-electron chi connectivity index (χ1n) is 4.52. The van der Waals surface area contributed by atoms with Crippen molar-refractivity contribution in [2.24, 2.45) is 0 Å². The Morgan fingerprint density at radius 1 is 1.59 bits per heavy atom. The maximum absolute atomic E-state index is 10.9. The first-order chi connectivity index (χ1) is 8.08. The topological polar surface area (TPSA) is 91.8 Å². The number of aromatic amines is 1. The summed E-state index contributed by atoms with van der Waals surface area (Å²) in [6, 6.07) is 1.35. The summed E-state index contributed by atoms with van der Waals surface area (Å²) in [6.07, 6.45) is 1.39. The van der Waals surface area contributed by atoms with Crippen LogP contribution in [0.1, 0.15) is 16.2 Å². The lowest BCUT2D eigenvalue weighted by Crippen LogP contribution is -1.99. The van der Waals surface area contributed by atoms with Gasteiger partial charge >= 0.3 is 5.97 Å². The van der Waals surface area contributed by atoms with Crippen LogP contribution in [0, 0.1) is 6.92 Å². The molecule has 0 aliphatic heterocycles. The van der Waals surface area contributed by atoms with Crippen LogP contribution in [0.4, 0.5) is 0 Å². The molecule has 88 valence electrons. The van der Waals surface area contributed by atoms with Crippen LogP contribution in [0.5, 0.6) is 0 Å². The highest BCUT2D eigenvalue weighted by atomic mass is 35.5. The van der Waals surface area contributed by atoms with Crippen LogP contribution in [-0.2, 0) is 0 Å². The zero-order chi connectivity index (χ0) is 12.4. The Hall–Kier alpha value is -1.60. The average Bonchev–Trinajstić information content (AvgIpc) is 2.67. The van der Waals surface area contributed by atoms with Gasteiger partial charge in [0.15, 0.2) is 0 Å². The smallest absolute Gasteiger partial charge is 0.337 e. The predicted molar refractivity (Wildman–Crippen MR) is 61.4 cm³/mol. The largest absolute Gasteiger partial charge is 0.478 e. The number of nitrogens with zero attached hydrogens (tertiary/aromatic N) is 3. The molecule has 0 aromatic carbocycles. The number of carboxylic acid groups (broad SMARTS) is 1. The molecule has 2 N–H and O–H groups in total. The summed E-state index contributed by atoms with van der Waals surface area (Å²) in [7, 11) is 0. The lowest BCUT2D eigenvalue weighted by Gasteiger charge is -2.02. The third kappa shape index (κ3) is 2.56. The molecule has 0 fully saturated rings. The molecule has 0 atom stereocenters. The normalized spacial score (nSPS) is 10.5. The molecule has 8 heteroatoms. The second kappa shape index (κ2) is 4.72. The van der Waals surface area contributed by atoms with E-state index in [1.807, 2.05) is 0 Å². The van der Waals surface area contributed by atoms with E-state index < -0.39 is 5.97 Å². The quantitative estimate of drug-likeness (QED) is 0.886. The number of rotatable bonds is 3. The van der Waals surface area contributed by atoms with Crippen molar-refractivity contribution in [2.75, 3.05) is 0 Å². The van der Waals surface area contributed by atoms with Gasteiger partial charge in [-0.25, -0.2) is 14.8 Å². The number of pyridine rings is 1. The molecule has 0 spiro atoms. The summed E-state index contributed by atoms with van der Waals surface area (Å²) < 4.78 is 0. The van der Waals surface area contributed by atoms with Gasteiger partial charge in [-0.1, -0.05) is 11.6 Å². The molecule has 0 saturated carbocycles. The molecule has 0 bridgehead atoms. The van der Waals surface area contributed by atoms with Crippen molar-refractivity contribution in [1.82, 2.24) is 20.2 Å². The number of H-pyrrole nitrogens is 1. The minimum Gasteiger partial charge on any atom is -0.478 e. The maximum Gasteiger partial charge on any atom is 0.337 e. The van der Waals surface area contributed by atoms with Gasteiger partial charge in [0.1, 0.15) is 10.9 Å². The van der Waals surface area contributed by atoms with Crippen LogP contribution >= 0.6 is 23.4 Å². The maximum atomic E-state index is 10.9. The Morgan fingerprint density at radius 3 is 2.94 bits per heavy atom. The molecule has 0 saturated heterocycles. The minimum atomic E-state index is -1.09. The van der Waals surface area contributed by atoms with Gasteiger partial charge in [0.25, 0.3) is 0 Å². The molecule has 2 aromatic heterocycles. The third-order valence-electron chi connectivity index (χ3n) is 1.85. The van der Waals surface area contributed by atoms with E-state index in [1.54, 1.807) is 6.92 Å². The van der Waals surface area contributed by atoms with Crippen molar-refractivity contribution < 1.29 is 9.90 Å². The fourth-order valence-electron chi connectivity index (χ4n) is 1.12. The number of nitrogens with one attached hydrogen (secondary N) is 1. The van der Waals surface area contributed by atoms with Gasteiger partial charge in [-0.05, 0) is 24.8 Å². The van der Waals surface area contributed by atoms with Crippen molar-refractivity contribution in [3.8, 4) is 0 Å². The molecule has 2 aromatic rings. The second-order valence-corrected chi connectivity index (χ2v) is 4.42. The minimum absolute atomic E-state index is 0.0106. The third-order valence-corrected chi connectivity index (χ3v) is 3.21. The second-order valence-electron chi connectivity index (χ2n) is 3.09. The number of aryl methyl sites for hydroxylation is 1. The molecule has 0 aliphatic carbocycles. The fraction of sp³-hybridized carbons (Fsp3) is 0.111. The van der Waals surface area contributed by atoms with E-state index in [0.717, 1.165) is 11.8 Å². The fourth-order valence-corrected chi connectivity index (χ4v) is 2.18. The number of hydrogen-bond acceptors (Lipinski definition) is 5. The summed E-state index contributed by atoms with van der Waals surface area (Å²) >= 11 is 7.04. The summed E-state index contributed by atoms with van der Waals surface area (Å²) in [4.78, 5) is 18.9. The van der Waals surface area contributed by atoms with Gasteiger partial charge in [-0.3, -0.25) is 5.10 Å². The Bertz CT molecular complexity index is 572. The van der Waals surface area contributed by atoms with Gasteiger partial charge < -0.3 is 5.11 Å². The average molecular weight is 271 g/mol. The Kier molecular flexibility index (Phi) is 3.30. The van der Waals surface area contributed by atoms with Crippen LogP contribution in [0.15, 0.2) is 22.4 Å². The summed E-state index contributed by atoms with van der Waals surface area (Å²) in [5, 5.41) is 16.4. The van der Waals surface area contributed by atoms with Crippen LogP contribution in [0.3, 0.4) is 0 Å². The van der Waals surface area contributed by atoms with E-state index in [1.165, 1.54) is 12.3 Å². The summed E-state index contributed by atoms with van der Waals surface area (Å²) in [5.41, 5.74) is 0.0106. The first-order valence-corrected chi connectivity index (χ1v) is 5.72. The summed E-state index contributed by atoms with van der Waals surface area (Å²) in [6.45, 7) is 1.76. The number of hydrogen-bond donors (Lipinski definition) is 2. The molecule has 17 heavy (non-hydrogen) atoms. The van der Waals surface area contributed by atoms with Gasteiger partial charge in [-0.15, -0.1) is 5.10 Å². The lowest BCUT2D eigenvalue weighted by atomic mass is 10.3. The molecular formula is C9H7ClN4O2S. The number of aromatic nitrogens is 4. The van der Waals surface area contributed by atoms with Crippen molar-refractivity contribution in [3.63, 3.8) is 0 Å². The van der Waals surface area contributed by atoms with E-state index in [2.05, 4.69) is 20.2 Å². The number of halogens is 1. The monoisotopic (exact) mass is 270 g/mol. The lowest BCUT2D eigenvalue weighted by molar-refractivity contribution is 0.0696. The van der Waals surface area contributed by atoms with E-state index in [4.69, 9.17) is 16.7 Å². The van der Waals surface area contributed by atoms with Crippen molar-refractivity contribution in [2.45, 2.75) is 17.1 Å². The van der Waals surface area contributed by atoms with Crippen LogP contribution in [0.25, 0.3) is 0 Å². The van der Waals surface area contributed by atoms with Gasteiger partial charge in [0.05, 0.1) is 10.6 Å². The van der Waals surface area contributed by atoms with E-state index >= 15 is 0 Å². The molecule has 2 heterocycles. The Morgan fingerprint density at radius 2 is 2.35 bits per heavy atom. The van der Waals surface area contributed by atoms with Gasteiger partial charge in [-0.2, -0.15) is 0 Å². The van der Waals surface area contributed by atoms with E-state index in [-0.39, 0.29) is 10.6 Å². The highest BCUT2D eigenvalue weighted by Crippen LogP contribution is 2.31. The highest BCUT2D eigenvalue weighted by molar-refractivity contribution is 7.99. The van der Waals surface area contributed by atoms with Crippen molar-refractivity contribution in [1.29, 1.82) is 0 Å². The van der Waals surface area contributed by atoms with Crippen molar-refractivity contribution >= 4 is 29.3 Å². The molecule has 0 aliphatic rings. The Balaban J connectivity index is 2.33. The first kappa shape index (κ1) is 11.9. The highest BCUT2D eigenvalue weighted by Gasteiger charge is 2.15. The van der Waals surface area contributed by atoms with Crippen LogP contribution in [-0.4, -0.2) is 31.2 Å². The number of carboxylic acids is 1. The van der Waals surface area contributed by atoms with Crippen LogP contribution < -0.4 is 0 Å². The molecule has 2 rings (SSSR count). The van der Waals surface area contributed by atoms with E-state index in [0.29, 0.717) is 16.0 Å². The zero-order valence-electron chi connectivity index (χ0n) is 8.64. The predicted octanol–water partition coefficient (Wildman–Crippen LogP) is 2.01. The molecule has 0 unspecified atom stereocenters. The number of aromatic carboxylic acids is 1. The molecule has 0 radical (unpaired) electrons. The van der Waals surface area contributed by atoms with Crippen LogP contribution in [0.2, 0.25) is 5.02 Å². The van der Waals surface area contributed by atoms with Crippen molar-refractivity contribution in [3.05, 3.63) is 28.7 Å². The standard InChI is InChI=1S/C9H7ClN4O2S/c1-4-12-9(14-13-4)17-7-6(10)5(8(15)16)2-3-11-7/h2-3H,1H3,(H,15,16)(H,12,13,14). The molecule has 6 nitrogen and oxygen atoms in total. The Labute approximate surface area is 105 Å². The summed E-state index contributed by atoms with van der Waals surface area (Å²) in [5.74, 6) is -0.427. The van der Waals surface area contributed by atoms with E-state index in [9.17, 15) is 4.79 Å². The van der Waals surface area contributed by atoms with Gasteiger partial charge in [0.2, 0.25) is 5.16 Å².